The van der Waals surface area contributed by atoms with Gasteiger partial charge in [-0.1, -0.05) is 82.3 Å². The summed E-state index contributed by atoms with van der Waals surface area (Å²) < 4.78 is 11.1. The molecule has 2 atom stereocenters. The summed E-state index contributed by atoms with van der Waals surface area (Å²) in [4.78, 5) is 29.8. The summed E-state index contributed by atoms with van der Waals surface area (Å²) in [6.07, 6.45) is 2.03. The van der Waals surface area contributed by atoms with Gasteiger partial charge in [0.05, 0.1) is 23.2 Å². The number of esters is 2. The van der Waals surface area contributed by atoms with Crippen LogP contribution in [0.2, 0.25) is 0 Å². The van der Waals surface area contributed by atoms with Crippen molar-refractivity contribution in [3.8, 4) is 0 Å². The highest BCUT2D eigenvalue weighted by molar-refractivity contribution is 5.78. The topological polar surface area (TPSA) is 65.5 Å². The molecule has 0 spiro atoms. The molecule has 1 heterocycles. The molecule has 2 unspecified atom stereocenters. The van der Waals surface area contributed by atoms with Gasteiger partial charge in [-0.15, -0.1) is 0 Å². The molecule has 0 aliphatic carbocycles. The second-order valence-electron chi connectivity index (χ2n) is 11.0. The minimum atomic E-state index is -0.367. The molecule has 3 aromatic rings. The fourth-order valence-corrected chi connectivity index (χ4v) is 4.33. The van der Waals surface area contributed by atoms with Crippen molar-refractivity contribution in [1.29, 1.82) is 0 Å². The first-order chi connectivity index (χ1) is 18.1. The number of nitrogens with zero attached hydrogens (tertiary/aromatic N) is 1. The van der Waals surface area contributed by atoms with Gasteiger partial charge in [-0.2, -0.15) is 0 Å². The minimum Gasteiger partial charge on any atom is -0.459 e. The van der Waals surface area contributed by atoms with Crippen molar-refractivity contribution >= 4 is 11.9 Å². The van der Waals surface area contributed by atoms with Gasteiger partial charge in [0.1, 0.15) is 13.2 Å². The average molecular weight is 516 g/mol. The molecule has 0 bridgehead atoms. The largest absolute Gasteiger partial charge is 0.459 e. The predicted molar refractivity (Wildman–Crippen MR) is 151 cm³/mol. The third kappa shape index (κ3) is 8.83. The second kappa shape index (κ2) is 13.9. The van der Waals surface area contributed by atoms with Gasteiger partial charge in [0.15, 0.2) is 0 Å². The first-order valence-electron chi connectivity index (χ1n) is 13.6. The Morgan fingerprint density at radius 2 is 0.974 bits per heavy atom. The molecular formula is C33H41NO4. The molecule has 38 heavy (non-hydrogen) atoms. The number of hydrogen-bond donors (Lipinski definition) is 0. The van der Waals surface area contributed by atoms with Crippen LogP contribution < -0.4 is 0 Å². The van der Waals surface area contributed by atoms with Crippen LogP contribution in [0.4, 0.5) is 0 Å². The Bertz CT molecular complexity index is 1090. The zero-order valence-corrected chi connectivity index (χ0v) is 23.6. The van der Waals surface area contributed by atoms with Gasteiger partial charge >= 0.3 is 11.9 Å². The monoisotopic (exact) mass is 515 g/mol. The standard InChI is InChI=1S/C33H41NO4/c1-22(2)18-26-10-14-28(15-11-26)24(5)32(35)37-20-30-8-7-9-31(34-30)21-38-33(36)25(6)29-16-12-27(13-17-29)19-23(3)4/h7-17,22-25H,18-21H2,1-6H3. The van der Waals surface area contributed by atoms with Crippen molar-refractivity contribution in [2.45, 2.75) is 79.4 Å². The van der Waals surface area contributed by atoms with E-state index in [-0.39, 0.29) is 37.0 Å². The summed E-state index contributed by atoms with van der Waals surface area (Å²) in [6, 6.07) is 21.7. The van der Waals surface area contributed by atoms with Gasteiger partial charge in [-0.3, -0.25) is 14.6 Å². The van der Waals surface area contributed by atoms with E-state index in [0.717, 1.165) is 24.0 Å². The molecule has 3 rings (SSSR count). The van der Waals surface area contributed by atoms with Gasteiger partial charge < -0.3 is 9.47 Å². The number of rotatable bonds is 12. The van der Waals surface area contributed by atoms with Crippen molar-refractivity contribution in [2.75, 3.05) is 0 Å². The summed E-state index contributed by atoms with van der Waals surface area (Å²) in [5, 5.41) is 0. The van der Waals surface area contributed by atoms with Crippen LogP contribution in [0.1, 0.15) is 87.0 Å². The lowest BCUT2D eigenvalue weighted by Crippen LogP contribution is -2.15. The SMILES string of the molecule is CC(C)Cc1ccc(C(C)C(=O)OCc2cccc(COC(=O)C(C)c3ccc(CC(C)C)cc3)n2)cc1. The smallest absolute Gasteiger partial charge is 0.313 e. The molecular weight excluding hydrogens is 474 g/mol. The van der Waals surface area contributed by atoms with Crippen molar-refractivity contribution in [1.82, 2.24) is 4.98 Å². The van der Waals surface area contributed by atoms with Gasteiger partial charge in [0.25, 0.3) is 0 Å². The lowest BCUT2D eigenvalue weighted by atomic mass is 9.97. The normalized spacial score (nSPS) is 12.8. The number of benzene rings is 2. The van der Waals surface area contributed by atoms with Crippen LogP contribution in [0.15, 0.2) is 66.7 Å². The Hall–Kier alpha value is -3.47. The number of carbonyl (C=O) groups excluding carboxylic acids is 2. The van der Waals surface area contributed by atoms with Crippen LogP contribution in [0, 0.1) is 11.8 Å². The minimum absolute atomic E-state index is 0.0650. The fourth-order valence-electron chi connectivity index (χ4n) is 4.33. The summed E-state index contributed by atoms with van der Waals surface area (Å²) in [5.41, 5.74) is 5.61. The van der Waals surface area contributed by atoms with Crippen molar-refractivity contribution in [2.24, 2.45) is 11.8 Å². The molecule has 1 aromatic heterocycles. The Morgan fingerprint density at radius 1 is 0.605 bits per heavy atom. The summed E-state index contributed by atoms with van der Waals surface area (Å²) in [7, 11) is 0. The Balaban J connectivity index is 1.49. The maximum atomic E-state index is 12.6. The van der Waals surface area contributed by atoms with Gasteiger partial charge in [0.2, 0.25) is 0 Å². The maximum Gasteiger partial charge on any atom is 0.313 e. The molecule has 0 radical (unpaired) electrons. The van der Waals surface area contributed by atoms with E-state index < -0.39 is 0 Å². The molecule has 5 nitrogen and oxygen atoms in total. The molecule has 0 saturated carbocycles. The molecule has 0 amide bonds. The average Bonchev–Trinajstić information content (AvgIpc) is 2.90. The number of ether oxygens (including phenoxy) is 2. The number of hydrogen-bond acceptors (Lipinski definition) is 5. The number of carbonyl (C=O) groups is 2. The van der Waals surface area contributed by atoms with E-state index in [0.29, 0.717) is 23.2 Å². The quantitative estimate of drug-likeness (QED) is 0.239. The first kappa shape index (κ1) is 29.1. The van der Waals surface area contributed by atoms with E-state index in [9.17, 15) is 9.59 Å². The Kier molecular flexibility index (Phi) is 10.6. The first-order valence-corrected chi connectivity index (χ1v) is 13.6. The lowest BCUT2D eigenvalue weighted by molar-refractivity contribution is -0.147. The van der Waals surface area contributed by atoms with Crippen LogP contribution in [-0.2, 0) is 45.1 Å². The molecule has 0 aliphatic heterocycles. The van der Waals surface area contributed by atoms with Crippen molar-refractivity contribution < 1.29 is 19.1 Å². The molecule has 0 saturated heterocycles. The van der Waals surface area contributed by atoms with Crippen LogP contribution in [-0.4, -0.2) is 16.9 Å². The van der Waals surface area contributed by atoms with Gasteiger partial charge in [-0.05, 0) is 72.9 Å². The maximum absolute atomic E-state index is 12.6. The third-order valence-electron chi connectivity index (χ3n) is 6.54. The summed E-state index contributed by atoms with van der Waals surface area (Å²) in [6.45, 7) is 12.6. The summed E-state index contributed by atoms with van der Waals surface area (Å²) >= 11 is 0. The summed E-state index contributed by atoms with van der Waals surface area (Å²) in [5.74, 6) is -0.154. The molecule has 0 N–H and O–H groups in total. The highest BCUT2D eigenvalue weighted by Crippen LogP contribution is 2.21. The van der Waals surface area contributed by atoms with Crippen LogP contribution >= 0.6 is 0 Å². The Morgan fingerprint density at radius 3 is 1.32 bits per heavy atom. The molecule has 0 aliphatic rings. The molecule has 0 fully saturated rings. The zero-order chi connectivity index (χ0) is 27.7. The van der Waals surface area contributed by atoms with Gasteiger partial charge in [0, 0.05) is 0 Å². The van der Waals surface area contributed by atoms with Crippen molar-refractivity contribution in [3.63, 3.8) is 0 Å². The molecule has 2 aromatic carbocycles. The number of aromatic nitrogens is 1. The van der Waals surface area contributed by atoms with Crippen LogP contribution in [0.5, 0.6) is 0 Å². The van der Waals surface area contributed by atoms with Gasteiger partial charge in [-0.25, -0.2) is 0 Å². The second-order valence-corrected chi connectivity index (χ2v) is 11.0. The van der Waals surface area contributed by atoms with E-state index in [1.807, 2.05) is 44.2 Å². The van der Waals surface area contributed by atoms with Crippen LogP contribution in [0.3, 0.4) is 0 Å². The fraction of sp³-hybridized carbons (Fsp3) is 0.424. The Labute approximate surface area is 227 Å². The highest BCUT2D eigenvalue weighted by atomic mass is 16.5. The number of pyridine rings is 1. The zero-order valence-electron chi connectivity index (χ0n) is 23.6. The molecule has 5 heteroatoms. The van der Waals surface area contributed by atoms with Crippen molar-refractivity contribution in [3.05, 3.63) is 100 Å². The van der Waals surface area contributed by atoms with E-state index in [1.54, 1.807) is 12.1 Å². The molecule has 202 valence electrons. The van der Waals surface area contributed by atoms with E-state index >= 15 is 0 Å². The van der Waals surface area contributed by atoms with Crippen LogP contribution in [0.25, 0.3) is 0 Å². The third-order valence-corrected chi connectivity index (χ3v) is 6.54. The lowest BCUT2D eigenvalue weighted by Gasteiger charge is -2.14. The predicted octanol–water partition coefficient (Wildman–Crippen LogP) is 7.17. The van der Waals surface area contributed by atoms with E-state index in [4.69, 9.17) is 9.47 Å². The van der Waals surface area contributed by atoms with E-state index in [1.165, 1.54) is 11.1 Å². The van der Waals surface area contributed by atoms with E-state index in [2.05, 4.69) is 56.9 Å². The highest BCUT2D eigenvalue weighted by Gasteiger charge is 2.19.